The number of terminal acetylenes is 1. The van der Waals surface area contributed by atoms with E-state index in [0.717, 1.165) is 6.42 Å². The molecule has 0 aliphatic rings. The second kappa shape index (κ2) is 6.42. The number of unbranched alkanes of at least 4 members (excludes halogenated alkanes) is 1. The highest BCUT2D eigenvalue weighted by molar-refractivity contribution is 6.30. The molecule has 2 nitrogen and oxygen atoms in total. The van der Waals surface area contributed by atoms with Crippen LogP contribution in [-0.2, 0) is 0 Å². The molecule has 16 heavy (non-hydrogen) atoms. The van der Waals surface area contributed by atoms with Crippen molar-refractivity contribution in [2.24, 2.45) is 0 Å². The summed E-state index contributed by atoms with van der Waals surface area (Å²) in [6, 6.07) is 5.22. The molecule has 0 unspecified atom stereocenters. The van der Waals surface area contributed by atoms with Gasteiger partial charge < -0.3 is 9.84 Å². The average Bonchev–Trinajstić information content (AvgIpc) is 2.26. The maximum atomic E-state index is 9.56. The molecule has 0 aromatic heterocycles. The summed E-state index contributed by atoms with van der Waals surface area (Å²) in [6.45, 7) is 2.23. The van der Waals surface area contributed by atoms with Crippen LogP contribution in [0.3, 0.4) is 0 Å². The minimum atomic E-state index is -0.596. The third-order valence-electron chi connectivity index (χ3n) is 2.14. The first-order chi connectivity index (χ1) is 7.65. The zero-order chi connectivity index (χ0) is 12.0. The van der Waals surface area contributed by atoms with Crippen molar-refractivity contribution in [1.29, 1.82) is 0 Å². The van der Waals surface area contributed by atoms with Crippen molar-refractivity contribution in [3.05, 3.63) is 28.8 Å². The maximum Gasteiger partial charge on any atom is 0.125 e. The first-order valence-electron chi connectivity index (χ1n) is 5.19. The highest BCUT2D eigenvalue weighted by Gasteiger charge is 2.09. The first kappa shape index (κ1) is 12.9. The van der Waals surface area contributed by atoms with Crippen LogP contribution in [0.25, 0.3) is 0 Å². The van der Waals surface area contributed by atoms with Gasteiger partial charge in [-0.1, -0.05) is 11.6 Å². The van der Waals surface area contributed by atoms with Crippen LogP contribution in [-0.4, -0.2) is 11.7 Å². The molecule has 0 saturated heterocycles. The number of hydrogen-bond donors (Lipinski definition) is 1. The van der Waals surface area contributed by atoms with Gasteiger partial charge in [0.2, 0.25) is 0 Å². The van der Waals surface area contributed by atoms with Gasteiger partial charge in [0, 0.05) is 17.0 Å². The summed E-state index contributed by atoms with van der Waals surface area (Å²) in [7, 11) is 0. The third kappa shape index (κ3) is 3.77. The van der Waals surface area contributed by atoms with E-state index in [0.29, 0.717) is 29.4 Å². The monoisotopic (exact) mass is 238 g/mol. The Bertz CT molecular complexity index is 380. The van der Waals surface area contributed by atoms with Crippen LogP contribution in [0.1, 0.15) is 31.4 Å². The Labute approximate surface area is 101 Å². The van der Waals surface area contributed by atoms with E-state index in [2.05, 4.69) is 5.92 Å². The first-order valence-corrected chi connectivity index (χ1v) is 5.56. The normalized spacial score (nSPS) is 11.9. The highest BCUT2D eigenvalue weighted by Crippen LogP contribution is 2.28. The van der Waals surface area contributed by atoms with Gasteiger partial charge in [0.25, 0.3) is 0 Å². The molecule has 0 fully saturated rings. The summed E-state index contributed by atoms with van der Waals surface area (Å²) >= 11 is 5.85. The largest absolute Gasteiger partial charge is 0.493 e. The Balaban J connectivity index is 2.68. The van der Waals surface area contributed by atoms with Crippen LogP contribution in [0.2, 0.25) is 5.02 Å². The van der Waals surface area contributed by atoms with Crippen LogP contribution < -0.4 is 4.74 Å². The van der Waals surface area contributed by atoms with E-state index in [9.17, 15) is 5.11 Å². The van der Waals surface area contributed by atoms with Crippen molar-refractivity contribution < 1.29 is 9.84 Å². The smallest absolute Gasteiger partial charge is 0.125 e. The molecule has 0 bridgehead atoms. The van der Waals surface area contributed by atoms with E-state index in [4.69, 9.17) is 22.8 Å². The number of halogens is 1. The van der Waals surface area contributed by atoms with Gasteiger partial charge >= 0.3 is 0 Å². The van der Waals surface area contributed by atoms with E-state index in [-0.39, 0.29) is 0 Å². The lowest BCUT2D eigenvalue weighted by molar-refractivity contribution is 0.191. The zero-order valence-electron chi connectivity index (χ0n) is 9.24. The van der Waals surface area contributed by atoms with Gasteiger partial charge in [-0.05, 0) is 31.5 Å². The second-order valence-electron chi connectivity index (χ2n) is 3.51. The highest BCUT2D eigenvalue weighted by atomic mass is 35.5. The van der Waals surface area contributed by atoms with Crippen molar-refractivity contribution in [3.63, 3.8) is 0 Å². The minimum absolute atomic E-state index is 0.547. The number of ether oxygens (including phenoxy) is 1. The summed E-state index contributed by atoms with van der Waals surface area (Å²) in [5.41, 5.74) is 0.702. The van der Waals surface area contributed by atoms with E-state index >= 15 is 0 Å². The molecule has 1 aromatic carbocycles. The Morgan fingerprint density at radius 1 is 1.56 bits per heavy atom. The fourth-order valence-electron chi connectivity index (χ4n) is 1.33. The van der Waals surface area contributed by atoms with Crippen molar-refractivity contribution in [1.82, 2.24) is 0 Å². The zero-order valence-corrected chi connectivity index (χ0v) is 10.00. The molecule has 0 saturated carbocycles. The SMILES string of the molecule is C#CCCCOc1ccc(Cl)cc1[C@@H](C)O. The molecule has 0 heterocycles. The van der Waals surface area contributed by atoms with Crippen molar-refractivity contribution in [2.45, 2.75) is 25.9 Å². The summed E-state index contributed by atoms with van der Waals surface area (Å²) in [5, 5.41) is 10.2. The van der Waals surface area contributed by atoms with Crippen molar-refractivity contribution in [2.75, 3.05) is 6.61 Å². The molecular formula is C13H15ClO2. The molecule has 0 spiro atoms. The second-order valence-corrected chi connectivity index (χ2v) is 3.95. The van der Waals surface area contributed by atoms with Crippen LogP contribution in [0, 0.1) is 12.3 Å². The molecular weight excluding hydrogens is 224 g/mol. The lowest BCUT2D eigenvalue weighted by atomic mass is 10.1. The Morgan fingerprint density at radius 2 is 2.31 bits per heavy atom. The number of aliphatic hydroxyl groups is 1. The fraction of sp³-hybridized carbons (Fsp3) is 0.385. The van der Waals surface area contributed by atoms with Gasteiger partial charge in [0.1, 0.15) is 5.75 Å². The predicted octanol–water partition coefficient (Wildman–Crippen LogP) is 3.19. The standard InChI is InChI=1S/C13H15ClO2/c1-3-4-5-8-16-13-7-6-11(14)9-12(13)10(2)15/h1,6-7,9-10,15H,4-5,8H2,2H3/t10-/m1/s1. The summed E-state index contributed by atoms with van der Waals surface area (Å²) < 4.78 is 5.54. The van der Waals surface area contributed by atoms with Gasteiger partial charge in [-0.3, -0.25) is 0 Å². The minimum Gasteiger partial charge on any atom is -0.493 e. The van der Waals surface area contributed by atoms with Gasteiger partial charge in [0.15, 0.2) is 0 Å². The van der Waals surface area contributed by atoms with Crippen molar-refractivity contribution >= 4 is 11.6 Å². The third-order valence-corrected chi connectivity index (χ3v) is 2.38. The number of rotatable bonds is 5. The molecule has 0 aliphatic heterocycles. The fourth-order valence-corrected chi connectivity index (χ4v) is 1.51. The molecule has 1 rings (SSSR count). The number of benzene rings is 1. The molecule has 86 valence electrons. The molecule has 0 radical (unpaired) electrons. The topological polar surface area (TPSA) is 29.5 Å². The molecule has 1 atom stereocenters. The van der Waals surface area contributed by atoms with Crippen LogP contribution >= 0.6 is 11.6 Å². The molecule has 0 amide bonds. The van der Waals surface area contributed by atoms with E-state index < -0.39 is 6.10 Å². The van der Waals surface area contributed by atoms with Crippen LogP contribution in [0.4, 0.5) is 0 Å². The average molecular weight is 239 g/mol. The van der Waals surface area contributed by atoms with E-state index in [1.807, 2.05) is 0 Å². The van der Waals surface area contributed by atoms with Gasteiger partial charge in [-0.15, -0.1) is 12.3 Å². The van der Waals surface area contributed by atoms with Crippen molar-refractivity contribution in [3.8, 4) is 18.1 Å². The molecule has 1 N–H and O–H groups in total. The van der Waals surface area contributed by atoms with Gasteiger partial charge in [0.05, 0.1) is 12.7 Å². The summed E-state index contributed by atoms with van der Waals surface area (Å²) in [6.07, 6.45) is 6.04. The predicted molar refractivity (Wildman–Crippen MR) is 65.6 cm³/mol. The van der Waals surface area contributed by atoms with Gasteiger partial charge in [-0.25, -0.2) is 0 Å². The molecule has 0 aliphatic carbocycles. The summed E-state index contributed by atoms with van der Waals surface area (Å²) in [5.74, 6) is 3.21. The molecule has 3 heteroatoms. The number of aliphatic hydroxyl groups excluding tert-OH is 1. The summed E-state index contributed by atoms with van der Waals surface area (Å²) in [4.78, 5) is 0. The maximum absolute atomic E-state index is 9.56. The Hall–Kier alpha value is -1.17. The van der Waals surface area contributed by atoms with E-state index in [1.54, 1.807) is 25.1 Å². The molecule has 1 aromatic rings. The number of hydrogen-bond acceptors (Lipinski definition) is 2. The van der Waals surface area contributed by atoms with E-state index in [1.165, 1.54) is 0 Å². The Kier molecular flexibility index (Phi) is 5.18. The quantitative estimate of drug-likeness (QED) is 0.631. The lowest BCUT2D eigenvalue weighted by Crippen LogP contribution is -2.02. The van der Waals surface area contributed by atoms with Gasteiger partial charge in [-0.2, -0.15) is 0 Å². The van der Waals surface area contributed by atoms with Crippen LogP contribution in [0.5, 0.6) is 5.75 Å². The van der Waals surface area contributed by atoms with Crippen LogP contribution in [0.15, 0.2) is 18.2 Å². The Morgan fingerprint density at radius 3 is 2.94 bits per heavy atom. The lowest BCUT2D eigenvalue weighted by Gasteiger charge is -2.13.